The molecule has 0 aliphatic carbocycles. The summed E-state index contributed by atoms with van der Waals surface area (Å²) in [5, 5.41) is 25.2. The lowest BCUT2D eigenvalue weighted by Crippen LogP contribution is -2.23. The highest BCUT2D eigenvalue weighted by Gasteiger charge is 2.27. The van der Waals surface area contributed by atoms with Gasteiger partial charge in [-0.25, -0.2) is 0 Å². The van der Waals surface area contributed by atoms with Gasteiger partial charge in [-0.2, -0.15) is 8.42 Å². The first-order chi connectivity index (χ1) is 11.3. The summed E-state index contributed by atoms with van der Waals surface area (Å²) in [6.07, 6.45) is 0. The average Bonchev–Trinajstić information content (AvgIpc) is 2.45. The van der Waals surface area contributed by atoms with E-state index in [0.29, 0.717) is 10.6 Å². The first kappa shape index (κ1) is 22.7. The number of nitrogens with one attached hydrogen (secondary N) is 1. The van der Waals surface area contributed by atoms with Gasteiger partial charge in [0.15, 0.2) is 5.69 Å². The van der Waals surface area contributed by atoms with Crippen molar-refractivity contribution in [2.75, 3.05) is 12.4 Å². The molecule has 25 heavy (non-hydrogen) atoms. The lowest BCUT2D eigenvalue weighted by Gasteiger charge is -2.14. The Morgan fingerprint density at radius 1 is 1.32 bits per heavy atom. The standard InChI is InChI=1S/C11H14N4O4S.FHO3S/c1-6-4-8(14(16)17)10(9(5-6)15(18)19)13-7(2)11(20)12-3;1-5(2,3)4/h4-5,7,13H,1-3H3,(H,12,20);(H,2,3,4). The summed E-state index contributed by atoms with van der Waals surface area (Å²) >= 11 is 4.10. The van der Waals surface area contributed by atoms with Crippen LogP contribution in [0.3, 0.4) is 0 Å². The Hall–Kier alpha value is -2.32. The summed E-state index contributed by atoms with van der Waals surface area (Å²) in [4.78, 5) is 24.6. The van der Waals surface area contributed by atoms with Gasteiger partial charge in [-0.1, -0.05) is 3.89 Å². The van der Waals surface area contributed by atoms with Crippen LogP contribution >= 0.6 is 12.6 Å². The number of aryl methyl sites for hydroxylation is 1. The molecular formula is C11H15FN4O7S2. The van der Waals surface area contributed by atoms with Gasteiger partial charge in [0.25, 0.3) is 11.4 Å². The molecule has 1 aromatic carbocycles. The molecule has 0 aliphatic heterocycles. The van der Waals surface area contributed by atoms with E-state index in [-0.39, 0.29) is 17.1 Å². The fourth-order valence-electron chi connectivity index (χ4n) is 1.66. The van der Waals surface area contributed by atoms with Crippen LogP contribution in [0.4, 0.5) is 20.9 Å². The van der Waals surface area contributed by atoms with Crippen molar-refractivity contribution >= 4 is 45.2 Å². The number of halogens is 1. The molecule has 0 amide bonds. The highest BCUT2D eigenvalue weighted by molar-refractivity contribution is 7.97. The summed E-state index contributed by atoms with van der Waals surface area (Å²) in [5.41, 5.74) is -0.397. The largest absolute Gasteiger partial charge is 0.435 e. The Labute approximate surface area is 147 Å². The first-order valence-corrected chi connectivity index (χ1v) is 8.09. The number of nitro benzene ring substituents is 2. The van der Waals surface area contributed by atoms with E-state index in [4.69, 9.17) is 13.0 Å². The van der Waals surface area contributed by atoms with Crippen LogP contribution in [0, 0.1) is 27.2 Å². The monoisotopic (exact) mass is 398 g/mol. The summed E-state index contributed by atoms with van der Waals surface area (Å²) in [7, 11) is -3.65. The number of thiol groups is 1. The Morgan fingerprint density at radius 3 is 1.96 bits per heavy atom. The van der Waals surface area contributed by atoms with Crippen LogP contribution < -0.4 is 5.32 Å². The van der Waals surface area contributed by atoms with Crippen molar-refractivity contribution in [3.8, 4) is 0 Å². The van der Waals surface area contributed by atoms with Crippen LogP contribution in [0.2, 0.25) is 0 Å². The van der Waals surface area contributed by atoms with Crippen molar-refractivity contribution in [1.29, 1.82) is 0 Å². The molecule has 140 valence electrons. The molecule has 0 heterocycles. The molecule has 11 nitrogen and oxygen atoms in total. The number of hydrogen-bond donors (Lipinski definition) is 3. The summed E-state index contributed by atoms with van der Waals surface area (Å²) in [5.74, 6) is 0. The third kappa shape index (κ3) is 8.37. The Morgan fingerprint density at radius 2 is 1.68 bits per heavy atom. The van der Waals surface area contributed by atoms with Crippen molar-refractivity contribution < 1.29 is 26.7 Å². The van der Waals surface area contributed by atoms with Crippen LogP contribution in [0.15, 0.2) is 17.1 Å². The molecule has 1 rings (SSSR count). The van der Waals surface area contributed by atoms with E-state index in [2.05, 4.69) is 22.9 Å². The molecule has 1 unspecified atom stereocenters. The second-order valence-electron chi connectivity index (χ2n) is 4.55. The lowest BCUT2D eigenvalue weighted by molar-refractivity contribution is -0.392. The average molecular weight is 398 g/mol. The molecule has 0 bridgehead atoms. The Kier molecular flexibility index (Phi) is 8.38. The zero-order valence-electron chi connectivity index (χ0n) is 13.2. The molecule has 0 aromatic heterocycles. The van der Waals surface area contributed by atoms with E-state index in [0.717, 1.165) is 0 Å². The number of nitrogens with zero attached hydrogens (tertiary/aromatic N) is 3. The molecular weight excluding hydrogens is 383 g/mol. The second kappa shape index (κ2) is 9.24. The highest BCUT2D eigenvalue weighted by atomic mass is 32.3. The summed E-state index contributed by atoms with van der Waals surface area (Å²) in [6.45, 7) is 3.22. The molecule has 0 aliphatic rings. The van der Waals surface area contributed by atoms with Gasteiger partial charge in [0, 0.05) is 19.2 Å². The second-order valence-corrected chi connectivity index (χ2v) is 5.83. The van der Waals surface area contributed by atoms with Crippen LogP contribution in [-0.2, 0) is 10.5 Å². The fraction of sp³-hybridized carbons (Fsp3) is 0.364. The smallest absolute Gasteiger partial charge is 0.365 e. The lowest BCUT2D eigenvalue weighted by atomic mass is 10.1. The van der Waals surface area contributed by atoms with E-state index in [9.17, 15) is 24.1 Å². The van der Waals surface area contributed by atoms with Crippen molar-refractivity contribution in [2.24, 2.45) is 4.99 Å². The van der Waals surface area contributed by atoms with E-state index in [1.807, 2.05) is 0 Å². The third-order valence-electron chi connectivity index (χ3n) is 2.61. The van der Waals surface area contributed by atoms with E-state index in [1.54, 1.807) is 13.8 Å². The minimum atomic E-state index is -5.17. The molecule has 0 fully saturated rings. The number of hydrogen-bond acceptors (Lipinski definition) is 8. The maximum atomic E-state index is 11.1. The number of nitro groups is 2. The van der Waals surface area contributed by atoms with Gasteiger partial charge in [0.1, 0.15) is 0 Å². The number of anilines is 1. The maximum absolute atomic E-state index is 11.1. The van der Waals surface area contributed by atoms with Crippen molar-refractivity contribution in [3.63, 3.8) is 0 Å². The number of rotatable bonds is 5. The van der Waals surface area contributed by atoms with Gasteiger partial charge < -0.3 is 5.32 Å². The molecule has 14 heteroatoms. The van der Waals surface area contributed by atoms with E-state index in [1.165, 1.54) is 19.2 Å². The Balaban J connectivity index is 0.00000101. The predicted octanol–water partition coefficient (Wildman–Crippen LogP) is 2.33. The molecule has 1 aromatic rings. The van der Waals surface area contributed by atoms with Crippen LogP contribution in [0.1, 0.15) is 12.5 Å². The van der Waals surface area contributed by atoms with Crippen LogP contribution in [0.25, 0.3) is 0 Å². The third-order valence-corrected chi connectivity index (χ3v) is 3.20. The molecule has 1 atom stereocenters. The number of aliphatic imine (C=N–C) groups is 1. The van der Waals surface area contributed by atoms with Crippen LogP contribution in [-0.4, -0.2) is 41.0 Å². The summed E-state index contributed by atoms with van der Waals surface area (Å²) < 4.78 is 34.1. The van der Waals surface area contributed by atoms with Crippen LogP contribution in [0.5, 0.6) is 0 Å². The molecule has 0 saturated heterocycles. The molecule has 0 saturated carbocycles. The topological polar surface area (TPSA) is 165 Å². The first-order valence-electron chi connectivity index (χ1n) is 6.30. The SMILES string of the molecule is C/N=C(/S)C(C)Nc1c([N+](=O)[O-])cc(C)cc1[N+](=O)[O-].O=S(=O)(O)F. The van der Waals surface area contributed by atoms with Crippen molar-refractivity contribution in [3.05, 3.63) is 37.9 Å². The fourth-order valence-corrected chi connectivity index (χ4v) is 1.72. The van der Waals surface area contributed by atoms with Gasteiger partial charge in [0.05, 0.1) is 20.9 Å². The quantitative estimate of drug-likeness (QED) is 0.129. The normalized spacial score (nSPS) is 12.6. The van der Waals surface area contributed by atoms with Gasteiger partial charge in [-0.15, -0.1) is 12.6 Å². The zero-order chi connectivity index (χ0) is 19.9. The van der Waals surface area contributed by atoms with Crippen molar-refractivity contribution in [2.45, 2.75) is 19.9 Å². The van der Waals surface area contributed by atoms with Gasteiger partial charge in [-0.05, 0) is 19.4 Å². The van der Waals surface area contributed by atoms with Gasteiger partial charge in [-0.3, -0.25) is 29.8 Å². The molecule has 2 N–H and O–H groups in total. The van der Waals surface area contributed by atoms with Crippen molar-refractivity contribution in [1.82, 2.24) is 0 Å². The predicted molar refractivity (Wildman–Crippen MR) is 92.6 cm³/mol. The van der Waals surface area contributed by atoms with Gasteiger partial charge in [0.2, 0.25) is 0 Å². The minimum Gasteiger partial charge on any atom is -0.365 e. The summed E-state index contributed by atoms with van der Waals surface area (Å²) in [6, 6.07) is 2.08. The number of benzene rings is 1. The zero-order valence-corrected chi connectivity index (χ0v) is 14.9. The Bertz CT molecular complexity index is 755. The van der Waals surface area contributed by atoms with Gasteiger partial charge >= 0.3 is 10.5 Å². The highest BCUT2D eigenvalue weighted by Crippen LogP contribution is 2.36. The van der Waals surface area contributed by atoms with E-state index < -0.39 is 26.4 Å². The minimum absolute atomic E-state index is 0.145. The molecule has 0 spiro atoms. The maximum Gasteiger partial charge on any atom is 0.435 e. The van der Waals surface area contributed by atoms with E-state index >= 15 is 0 Å². The molecule has 0 radical (unpaired) electrons.